The van der Waals surface area contributed by atoms with Gasteiger partial charge in [-0.1, -0.05) is 55.5 Å². The molecule has 9 heteroatoms. The van der Waals surface area contributed by atoms with Gasteiger partial charge in [0.15, 0.2) is 0 Å². The van der Waals surface area contributed by atoms with Crippen molar-refractivity contribution in [3.05, 3.63) is 96.3 Å². The number of hydrogen-bond donors (Lipinski definition) is 1. The summed E-state index contributed by atoms with van der Waals surface area (Å²) >= 11 is 0. The van der Waals surface area contributed by atoms with Crippen LogP contribution in [0.5, 0.6) is 0 Å². The monoisotopic (exact) mass is 511 g/mol. The summed E-state index contributed by atoms with van der Waals surface area (Å²) in [5.41, 5.74) is 0.927. The zero-order chi connectivity index (χ0) is 26.1. The van der Waals surface area contributed by atoms with Crippen LogP contribution in [0.15, 0.2) is 89.8 Å². The fraction of sp³-hybridized carbons (Fsp3) is 0.259. The van der Waals surface area contributed by atoms with Gasteiger partial charge < -0.3 is 10.2 Å². The van der Waals surface area contributed by atoms with Crippen molar-refractivity contribution in [3.63, 3.8) is 0 Å². The van der Waals surface area contributed by atoms with Crippen LogP contribution < -0.4 is 9.62 Å². The molecule has 190 valence electrons. The number of anilines is 1. The van der Waals surface area contributed by atoms with Gasteiger partial charge in [0.1, 0.15) is 18.4 Å². The van der Waals surface area contributed by atoms with Crippen molar-refractivity contribution >= 4 is 27.5 Å². The highest BCUT2D eigenvalue weighted by Gasteiger charge is 2.32. The van der Waals surface area contributed by atoms with E-state index in [4.69, 9.17) is 0 Å². The van der Waals surface area contributed by atoms with Crippen LogP contribution in [0.25, 0.3) is 0 Å². The number of hydrogen-bond acceptors (Lipinski definition) is 4. The van der Waals surface area contributed by atoms with Gasteiger partial charge in [0.05, 0.1) is 10.6 Å². The molecule has 3 aromatic rings. The summed E-state index contributed by atoms with van der Waals surface area (Å²) in [6.45, 7) is 3.54. The topological polar surface area (TPSA) is 86.8 Å². The molecule has 0 aliphatic rings. The Bertz CT molecular complexity index is 1250. The smallest absolute Gasteiger partial charge is 0.264 e. The van der Waals surface area contributed by atoms with E-state index in [1.54, 1.807) is 25.1 Å². The second kappa shape index (κ2) is 12.3. The molecule has 0 aliphatic heterocycles. The summed E-state index contributed by atoms with van der Waals surface area (Å²) < 4.78 is 41.7. The van der Waals surface area contributed by atoms with Crippen LogP contribution in [0.2, 0.25) is 0 Å². The van der Waals surface area contributed by atoms with Gasteiger partial charge in [-0.2, -0.15) is 0 Å². The van der Waals surface area contributed by atoms with Crippen molar-refractivity contribution in [1.82, 2.24) is 10.2 Å². The number of benzene rings is 3. The minimum absolute atomic E-state index is 0.00882. The van der Waals surface area contributed by atoms with Gasteiger partial charge in [-0.25, -0.2) is 12.8 Å². The van der Waals surface area contributed by atoms with E-state index >= 15 is 0 Å². The normalized spacial score (nSPS) is 12.0. The highest BCUT2D eigenvalue weighted by Crippen LogP contribution is 2.24. The summed E-state index contributed by atoms with van der Waals surface area (Å²) in [7, 11) is -4.17. The average molecular weight is 512 g/mol. The molecular weight excluding hydrogens is 481 g/mol. The molecule has 0 aromatic heterocycles. The van der Waals surface area contributed by atoms with Crippen molar-refractivity contribution < 1.29 is 22.4 Å². The number of rotatable bonds is 11. The van der Waals surface area contributed by atoms with Crippen molar-refractivity contribution in [2.75, 3.05) is 17.4 Å². The molecule has 0 bridgehead atoms. The van der Waals surface area contributed by atoms with Gasteiger partial charge in [-0.15, -0.1) is 0 Å². The molecule has 0 saturated carbocycles. The fourth-order valence-corrected chi connectivity index (χ4v) is 5.05. The maximum absolute atomic E-state index is 13.7. The predicted octanol–water partition coefficient (Wildman–Crippen LogP) is 3.96. The minimum atomic E-state index is -4.17. The van der Waals surface area contributed by atoms with E-state index in [0.717, 1.165) is 28.4 Å². The first-order chi connectivity index (χ1) is 17.2. The molecule has 0 unspecified atom stereocenters. The Morgan fingerprint density at radius 3 is 2.08 bits per heavy atom. The largest absolute Gasteiger partial charge is 0.354 e. The Kier molecular flexibility index (Phi) is 9.19. The van der Waals surface area contributed by atoms with Crippen molar-refractivity contribution in [2.24, 2.45) is 0 Å². The lowest BCUT2D eigenvalue weighted by Crippen LogP contribution is -2.51. The van der Waals surface area contributed by atoms with Gasteiger partial charge in [-0.3, -0.25) is 13.9 Å². The first kappa shape index (κ1) is 26.9. The average Bonchev–Trinajstić information content (AvgIpc) is 2.90. The molecule has 0 heterocycles. The third kappa shape index (κ3) is 6.69. The number of amides is 2. The summed E-state index contributed by atoms with van der Waals surface area (Å²) in [6, 6.07) is 20.9. The molecule has 0 aliphatic carbocycles. The standard InChI is InChI=1S/C27H30FN3O4S/c1-3-18-29-27(33)21(2)30(19-22-10-6-4-7-11-22)26(32)20-31(24-16-14-23(28)15-17-24)36(34,35)25-12-8-5-9-13-25/h4-17,21H,3,18-20H2,1-2H3,(H,29,33)/t21-/m0/s1. The van der Waals surface area contributed by atoms with Gasteiger partial charge >= 0.3 is 0 Å². The first-order valence-corrected chi connectivity index (χ1v) is 13.1. The fourth-order valence-electron chi connectivity index (χ4n) is 3.61. The van der Waals surface area contributed by atoms with Gasteiger partial charge in [0.2, 0.25) is 11.8 Å². The quantitative estimate of drug-likeness (QED) is 0.422. The van der Waals surface area contributed by atoms with E-state index in [9.17, 15) is 22.4 Å². The second-order valence-electron chi connectivity index (χ2n) is 8.28. The molecule has 7 nitrogen and oxygen atoms in total. The Balaban J connectivity index is 1.98. The molecule has 1 atom stereocenters. The van der Waals surface area contributed by atoms with Gasteiger partial charge in [0.25, 0.3) is 10.0 Å². The Labute approximate surface area is 211 Å². The zero-order valence-electron chi connectivity index (χ0n) is 20.3. The van der Waals surface area contributed by atoms with Crippen LogP contribution in [-0.4, -0.2) is 44.3 Å². The number of nitrogens with one attached hydrogen (secondary N) is 1. The zero-order valence-corrected chi connectivity index (χ0v) is 21.1. The number of sulfonamides is 1. The summed E-state index contributed by atoms with van der Waals surface area (Å²) in [4.78, 5) is 27.8. The molecule has 0 fully saturated rings. The molecule has 2 amide bonds. The molecule has 3 rings (SSSR count). The highest BCUT2D eigenvalue weighted by molar-refractivity contribution is 7.92. The second-order valence-corrected chi connectivity index (χ2v) is 10.1. The van der Waals surface area contributed by atoms with Crippen LogP contribution in [0.1, 0.15) is 25.8 Å². The first-order valence-electron chi connectivity index (χ1n) is 11.7. The van der Waals surface area contributed by atoms with Gasteiger partial charge in [0, 0.05) is 13.1 Å². The van der Waals surface area contributed by atoms with Crippen molar-refractivity contribution in [1.29, 1.82) is 0 Å². The van der Waals surface area contributed by atoms with E-state index in [-0.39, 0.29) is 23.0 Å². The van der Waals surface area contributed by atoms with E-state index < -0.39 is 34.3 Å². The van der Waals surface area contributed by atoms with Crippen molar-refractivity contribution in [2.45, 2.75) is 37.8 Å². The summed E-state index contributed by atoms with van der Waals surface area (Å²) in [5, 5.41) is 2.79. The maximum atomic E-state index is 13.7. The molecule has 0 spiro atoms. The SMILES string of the molecule is CCCNC(=O)[C@H](C)N(Cc1ccccc1)C(=O)CN(c1ccc(F)cc1)S(=O)(=O)c1ccccc1. The number of nitrogens with zero attached hydrogens (tertiary/aromatic N) is 2. The lowest BCUT2D eigenvalue weighted by Gasteiger charge is -2.32. The van der Waals surface area contributed by atoms with Crippen LogP contribution in [0.3, 0.4) is 0 Å². The van der Waals surface area contributed by atoms with Crippen molar-refractivity contribution in [3.8, 4) is 0 Å². The summed E-state index contributed by atoms with van der Waals surface area (Å²) in [6.07, 6.45) is 0.735. The third-order valence-corrected chi connectivity index (χ3v) is 7.43. The molecule has 36 heavy (non-hydrogen) atoms. The van der Waals surface area contributed by atoms with E-state index in [1.807, 2.05) is 37.3 Å². The lowest BCUT2D eigenvalue weighted by molar-refractivity contribution is -0.139. The molecular formula is C27H30FN3O4S. The van der Waals surface area contributed by atoms with Crippen LogP contribution in [0, 0.1) is 5.82 Å². The third-order valence-electron chi connectivity index (χ3n) is 5.64. The Morgan fingerprint density at radius 1 is 0.917 bits per heavy atom. The van der Waals surface area contributed by atoms with Crippen LogP contribution in [0.4, 0.5) is 10.1 Å². The minimum Gasteiger partial charge on any atom is -0.354 e. The van der Waals surface area contributed by atoms with Crippen LogP contribution in [-0.2, 0) is 26.2 Å². The van der Waals surface area contributed by atoms with E-state index in [2.05, 4.69) is 5.32 Å². The Hall–Kier alpha value is -3.72. The number of carbonyl (C=O) groups excluding carboxylic acids is 2. The van der Waals surface area contributed by atoms with E-state index in [1.165, 1.54) is 29.2 Å². The maximum Gasteiger partial charge on any atom is 0.264 e. The van der Waals surface area contributed by atoms with Gasteiger partial charge in [-0.05, 0) is 55.3 Å². The highest BCUT2D eigenvalue weighted by atomic mass is 32.2. The molecule has 0 radical (unpaired) electrons. The Morgan fingerprint density at radius 2 is 1.50 bits per heavy atom. The number of halogens is 1. The lowest BCUT2D eigenvalue weighted by atomic mass is 10.1. The van der Waals surface area contributed by atoms with E-state index in [0.29, 0.717) is 6.54 Å². The molecule has 1 N–H and O–H groups in total. The molecule has 3 aromatic carbocycles. The predicted molar refractivity (Wildman–Crippen MR) is 137 cm³/mol. The number of carbonyl (C=O) groups is 2. The molecule has 0 saturated heterocycles. The summed E-state index contributed by atoms with van der Waals surface area (Å²) in [5.74, 6) is -1.43. The van der Waals surface area contributed by atoms with Crippen LogP contribution >= 0.6 is 0 Å².